The van der Waals surface area contributed by atoms with Crippen molar-refractivity contribution in [3.8, 4) is 0 Å². The average molecular weight is 471 g/mol. The number of ether oxygens (including phenoxy) is 1. The molecule has 2 heterocycles. The minimum absolute atomic E-state index is 0.00415. The van der Waals surface area contributed by atoms with Crippen molar-refractivity contribution < 1.29 is 14.6 Å². The lowest BCUT2D eigenvalue weighted by Gasteiger charge is -2.52. The van der Waals surface area contributed by atoms with Gasteiger partial charge in [-0.2, -0.15) is 0 Å². The van der Waals surface area contributed by atoms with Crippen LogP contribution in [0.15, 0.2) is 30.3 Å². The Morgan fingerprint density at radius 2 is 1.65 bits per heavy atom. The van der Waals surface area contributed by atoms with Crippen LogP contribution in [0.5, 0.6) is 0 Å². The molecule has 4 aliphatic rings. The summed E-state index contributed by atoms with van der Waals surface area (Å²) in [5, 5.41) is 11.0. The van der Waals surface area contributed by atoms with E-state index in [0.717, 1.165) is 90.9 Å². The number of amides is 2. The van der Waals surface area contributed by atoms with Gasteiger partial charge >= 0.3 is 6.03 Å². The summed E-state index contributed by atoms with van der Waals surface area (Å²) in [6, 6.07) is 11.0. The Hall–Kier alpha value is -1.67. The number of urea groups is 1. The molecule has 188 valence electrons. The van der Waals surface area contributed by atoms with Crippen molar-refractivity contribution in [2.24, 2.45) is 0 Å². The van der Waals surface area contributed by atoms with Gasteiger partial charge in [0, 0.05) is 38.3 Å². The van der Waals surface area contributed by atoms with Crippen LogP contribution < -0.4 is 0 Å². The van der Waals surface area contributed by atoms with E-state index >= 15 is 0 Å². The molecule has 0 aromatic heterocycles. The van der Waals surface area contributed by atoms with Gasteiger partial charge in [0.25, 0.3) is 0 Å². The summed E-state index contributed by atoms with van der Waals surface area (Å²) >= 11 is 0. The zero-order valence-electron chi connectivity index (χ0n) is 21.0. The quantitative estimate of drug-likeness (QED) is 0.664. The minimum atomic E-state index is -0.696. The highest BCUT2D eigenvalue weighted by Crippen LogP contribution is 2.50. The molecule has 7 nitrogen and oxygen atoms in total. The fourth-order valence-electron chi connectivity index (χ4n) is 6.72. The Morgan fingerprint density at radius 1 is 0.971 bits per heavy atom. The number of morpholine rings is 1. The zero-order valence-corrected chi connectivity index (χ0v) is 21.0. The van der Waals surface area contributed by atoms with Gasteiger partial charge < -0.3 is 19.6 Å². The van der Waals surface area contributed by atoms with Gasteiger partial charge in [0.2, 0.25) is 0 Å². The van der Waals surface area contributed by atoms with Gasteiger partial charge in [0.05, 0.1) is 30.9 Å². The average Bonchev–Trinajstić information content (AvgIpc) is 3.09. The number of nitrogens with zero attached hydrogens (tertiary/aromatic N) is 4. The van der Waals surface area contributed by atoms with E-state index in [0.29, 0.717) is 6.54 Å². The highest BCUT2D eigenvalue weighted by atomic mass is 16.5. The Kier molecular flexibility index (Phi) is 6.66. The lowest BCUT2D eigenvalue weighted by Crippen LogP contribution is -2.59. The summed E-state index contributed by atoms with van der Waals surface area (Å²) in [4.78, 5) is 22.7. The Balaban J connectivity index is 1.35. The van der Waals surface area contributed by atoms with Gasteiger partial charge in [-0.25, -0.2) is 4.79 Å². The van der Waals surface area contributed by atoms with Crippen LogP contribution in [0.1, 0.15) is 50.5 Å². The first-order chi connectivity index (χ1) is 16.4. The first kappa shape index (κ1) is 24.0. The maximum Gasteiger partial charge on any atom is 0.320 e. The number of carbonyl (C=O) groups is 1. The standard InChI is InChI=1S/C27H42N4O3/c1-28(2)27(23-7-4-3-5-8-23)13-11-25(12-14-27)21-30(16-15-29-17-19-34-20-18-29)24(32)31(25)22-26(33)9-6-10-26/h3-5,7-8,33H,6,9-22H2,1-2H3/t25-,27-. The van der Waals surface area contributed by atoms with Crippen LogP contribution >= 0.6 is 0 Å². The summed E-state index contributed by atoms with van der Waals surface area (Å²) in [6.07, 6.45) is 6.65. The smallest absolute Gasteiger partial charge is 0.320 e. The van der Waals surface area contributed by atoms with E-state index in [1.807, 2.05) is 0 Å². The van der Waals surface area contributed by atoms with Crippen molar-refractivity contribution in [1.29, 1.82) is 0 Å². The third kappa shape index (κ3) is 4.36. The van der Waals surface area contributed by atoms with Gasteiger partial charge in [-0.05, 0) is 64.6 Å². The molecule has 1 aromatic rings. The number of carbonyl (C=O) groups excluding carboxylic acids is 1. The van der Waals surface area contributed by atoms with Crippen LogP contribution in [0.4, 0.5) is 4.79 Å². The van der Waals surface area contributed by atoms with E-state index in [1.54, 1.807) is 0 Å². The van der Waals surface area contributed by atoms with E-state index in [-0.39, 0.29) is 17.1 Å². The third-order valence-corrected chi connectivity index (χ3v) is 9.26. The maximum atomic E-state index is 13.7. The Morgan fingerprint density at radius 3 is 2.24 bits per heavy atom. The van der Waals surface area contributed by atoms with Crippen molar-refractivity contribution in [3.05, 3.63) is 35.9 Å². The molecule has 7 heteroatoms. The molecule has 2 amide bonds. The Labute approximate surface area is 204 Å². The summed E-state index contributed by atoms with van der Waals surface area (Å²) in [5.41, 5.74) is 0.489. The van der Waals surface area contributed by atoms with Crippen LogP contribution in [0, 0.1) is 0 Å². The number of aliphatic hydroxyl groups is 1. The minimum Gasteiger partial charge on any atom is -0.388 e. The molecule has 0 unspecified atom stereocenters. The first-order valence-corrected chi connectivity index (χ1v) is 13.2. The zero-order chi connectivity index (χ0) is 23.8. The fourth-order valence-corrected chi connectivity index (χ4v) is 6.72. The largest absolute Gasteiger partial charge is 0.388 e. The van der Waals surface area contributed by atoms with Crippen molar-refractivity contribution >= 4 is 6.03 Å². The van der Waals surface area contributed by atoms with Crippen LogP contribution in [0.2, 0.25) is 0 Å². The van der Waals surface area contributed by atoms with E-state index < -0.39 is 5.60 Å². The van der Waals surface area contributed by atoms with E-state index in [4.69, 9.17) is 4.74 Å². The molecule has 2 saturated heterocycles. The molecule has 2 aliphatic carbocycles. The molecule has 1 spiro atoms. The monoisotopic (exact) mass is 470 g/mol. The molecular formula is C27H42N4O3. The highest BCUT2D eigenvalue weighted by molar-refractivity contribution is 5.78. The van der Waals surface area contributed by atoms with Gasteiger partial charge in [0.1, 0.15) is 0 Å². The molecule has 4 fully saturated rings. The molecule has 2 saturated carbocycles. The van der Waals surface area contributed by atoms with E-state index in [1.165, 1.54) is 5.56 Å². The van der Waals surface area contributed by atoms with Gasteiger partial charge in [-0.1, -0.05) is 30.3 Å². The first-order valence-electron chi connectivity index (χ1n) is 13.2. The van der Waals surface area contributed by atoms with Crippen molar-refractivity contribution in [1.82, 2.24) is 19.6 Å². The predicted molar refractivity (Wildman–Crippen MR) is 133 cm³/mol. The fraction of sp³-hybridized carbons (Fsp3) is 0.741. The molecule has 0 bridgehead atoms. The Bertz CT molecular complexity index is 843. The summed E-state index contributed by atoms with van der Waals surface area (Å²) in [6.45, 7) is 6.37. The lowest BCUT2D eigenvalue weighted by atomic mass is 9.67. The van der Waals surface area contributed by atoms with Gasteiger partial charge in [0.15, 0.2) is 0 Å². The lowest BCUT2D eigenvalue weighted by molar-refractivity contribution is -0.0725. The number of β-amino-alcohol motifs (C(OH)–C–C–N with tert-alkyl or cyclic N) is 1. The predicted octanol–water partition coefficient (Wildman–Crippen LogP) is 2.74. The number of hydrogen-bond donors (Lipinski definition) is 1. The number of hydrogen-bond acceptors (Lipinski definition) is 5. The third-order valence-electron chi connectivity index (χ3n) is 9.26. The second kappa shape index (κ2) is 9.41. The summed E-state index contributed by atoms with van der Waals surface area (Å²) in [5.74, 6) is 0. The topological polar surface area (TPSA) is 59.5 Å². The molecule has 0 radical (unpaired) electrons. The van der Waals surface area contributed by atoms with E-state index in [9.17, 15) is 9.90 Å². The second-order valence-electron chi connectivity index (χ2n) is 11.3. The van der Waals surface area contributed by atoms with Crippen LogP contribution in [-0.2, 0) is 10.3 Å². The number of benzene rings is 1. The van der Waals surface area contributed by atoms with Crippen LogP contribution in [-0.4, -0.2) is 108 Å². The summed E-state index contributed by atoms with van der Waals surface area (Å²) < 4.78 is 5.49. The van der Waals surface area contributed by atoms with Crippen LogP contribution in [0.25, 0.3) is 0 Å². The molecule has 0 atom stereocenters. The highest BCUT2D eigenvalue weighted by Gasteiger charge is 2.56. The molecule has 5 rings (SSSR count). The second-order valence-corrected chi connectivity index (χ2v) is 11.3. The SMILES string of the molecule is CN(C)[C@]1(c2ccccc2)CC[C@@]2(CC1)CN(CCN1CCOCC1)C(=O)N2CC1(O)CCC1. The van der Waals surface area contributed by atoms with Crippen LogP contribution in [0.3, 0.4) is 0 Å². The molecule has 34 heavy (non-hydrogen) atoms. The van der Waals surface area contributed by atoms with Crippen molar-refractivity contribution in [2.75, 3.05) is 66.6 Å². The van der Waals surface area contributed by atoms with Crippen molar-refractivity contribution in [3.63, 3.8) is 0 Å². The van der Waals surface area contributed by atoms with Gasteiger partial charge in [-0.3, -0.25) is 9.80 Å². The molecule has 2 aliphatic heterocycles. The molecular weight excluding hydrogens is 428 g/mol. The number of rotatable bonds is 7. The molecule has 1 aromatic carbocycles. The van der Waals surface area contributed by atoms with Gasteiger partial charge in [-0.15, -0.1) is 0 Å². The normalized spacial score (nSPS) is 31.9. The van der Waals surface area contributed by atoms with Crippen molar-refractivity contribution in [2.45, 2.75) is 61.6 Å². The van der Waals surface area contributed by atoms with E-state index in [2.05, 4.69) is 64.0 Å². The maximum absolute atomic E-state index is 13.7. The molecule has 1 N–H and O–H groups in total. The summed E-state index contributed by atoms with van der Waals surface area (Å²) in [7, 11) is 4.38.